The van der Waals surface area contributed by atoms with Gasteiger partial charge in [0, 0.05) is 32.2 Å². The van der Waals surface area contributed by atoms with Crippen LogP contribution in [0.1, 0.15) is 0 Å². The molecule has 1 aromatic heterocycles. The molecule has 26 heavy (non-hydrogen) atoms. The quantitative estimate of drug-likeness (QED) is 0.834. The molecule has 0 atom stereocenters. The Kier molecular flexibility index (Phi) is 4.29. The number of benzene rings is 1. The molecule has 0 aliphatic carbocycles. The fraction of sp³-hybridized carbons (Fsp3) is 0.375. The summed E-state index contributed by atoms with van der Waals surface area (Å²) in [6, 6.07) is 7.85. The Morgan fingerprint density at radius 1 is 1.00 bits per heavy atom. The van der Waals surface area contributed by atoms with Gasteiger partial charge in [-0.15, -0.1) is 10.2 Å². The summed E-state index contributed by atoms with van der Waals surface area (Å²) in [6.45, 7) is 3.74. The first kappa shape index (κ1) is 16.9. The summed E-state index contributed by atoms with van der Waals surface area (Å²) >= 11 is 0. The highest BCUT2D eigenvalue weighted by molar-refractivity contribution is 7.92. The van der Waals surface area contributed by atoms with Crippen LogP contribution in [0.4, 0.5) is 11.6 Å². The van der Waals surface area contributed by atoms with E-state index in [2.05, 4.69) is 31.8 Å². The van der Waals surface area contributed by atoms with Crippen LogP contribution in [0.25, 0.3) is 0 Å². The number of anilines is 2. The number of likely N-dealkylation sites (N-methyl/N-ethyl adjacent to an activating group) is 1. The zero-order valence-corrected chi connectivity index (χ0v) is 15.1. The van der Waals surface area contributed by atoms with E-state index in [0.717, 1.165) is 32.0 Å². The molecule has 1 saturated heterocycles. The predicted molar refractivity (Wildman–Crippen MR) is 95.1 cm³/mol. The maximum Gasteiger partial charge on any atom is 0.263 e. The van der Waals surface area contributed by atoms with Gasteiger partial charge in [0.2, 0.25) is 6.79 Å². The topological polar surface area (TPSA) is 96.9 Å². The van der Waals surface area contributed by atoms with Crippen LogP contribution >= 0.6 is 0 Å². The van der Waals surface area contributed by atoms with Gasteiger partial charge in [-0.05, 0) is 31.3 Å². The van der Waals surface area contributed by atoms with Crippen molar-refractivity contribution in [3.8, 4) is 11.5 Å². The van der Waals surface area contributed by atoms with E-state index in [1.807, 2.05) is 0 Å². The molecule has 1 aromatic carbocycles. The number of nitrogens with one attached hydrogen (secondary N) is 1. The summed E-state index contributed by atoms with van der Waals surface area (Å²) in [6.07, 6.45) is 0. The molecule has 10 heteroatoms. The summed E-state index contributed by atoms with van der Waals surface area (Å²) < 4.78 is 37.9. The highest BCUT2D eigenvalue weighted by Gasteiger charge is 2.21. The van der Waals surface area contributed by atoms with Crippen molar-refractivity contribution < 1.29 is 17.9 Å². The Bertz CT molecular complexity index is 895. The lowest BCUT2D eigenvalue weighted by Crippen LogP contribution is -2.44. The van der Waals surface area contributed by atoms with E-state index in [1.54, 1.807) is 18.2 Å². The number of ether oxygens (including phenoxy) is 2. The molecule has 0 saturated carbocycles. The molecule has 0 amide bonds. The molecule has 1 N–H and O–H groups in total. The molecular formula is C16H19N5O4S. The number of aromatic nitrogens is 2. The van der Waals surface area contributed by atoms with Gasteiger partial charge in [0.15, 0.2) is 23.1 Å². The average Bonchev–Trinajstić information content (AvgIpc) is 3.11. The Morgan fingerprint density at radius 2 is 1.77 bits per heavy atom. The molecule has 1 fully saturated rings. The van der Waals surface area contributed by atoms with Crippen molar-refractivity contribution in [1.82, 2.24) is 15.1 Å². The van der Waals surface area contributed by atoms with E-state index in [9.17, 15) is 8.42 Å². The lowest BCUT2D eigenvalue weighted by Gasteiger charge is -2.32. The van der Waals surface area contributed by atoms with Crippen LogP contribution in [-0.4, -0.2) is 63.5 Å². The molecule has 0 radical (unpaired) electrons. The number of hydrogen-bond donors (Lipinski definition) is 1. The predicted octanol–water partition coefficient (Wildman–Crippen LogP) is 0.758. The largest absolute Gasteiger partial charge is 0.454 e. The van der Waals surface area contributed by atoms with Crippen molar-refractivity contribution in [2.24, 2.45) is 0 Å². The maximum absolute atomic E-state index is 12.5. The summed E-state index contributed by atoms with van der Waals surface area (Å²) in [5.41, 5.74) is 0. The van der Waals surface area contributed by atoms with Gasteiger partial charge in [0.1, 0.15) is 0 Å². The Hall–Kier alpha value is -2.59. The lowest BCUT2D eigenvalue weighted by molar-refractivity contribution is 0.174. The molecule has 3 heterocycles. The molecule has 0 unspecified atom stereocenters. The number of sulfonamides is 1. The second kappa shape index (κ2) is 6.61. The first-order valence-electron chi connectivity index (χ1n) is 8.21. The monoisotopic (exact) mass is 377 g/mol. The first-order valence-corrected chi connectivity index (χ1v) is 9.69. The fourth-order valence-corrected chi connectivity index (χ4v) is 3.84. The Balaban J connectivity index is 1.48. The van der Waals surface area contributed by atoms with E-state index in [4.69, 9.17) is 9.47 Å². The molecule has 0 bridgehead atoms. The second-order valence-corrected chi connectivity index (χ2v) is 7.87. The van der Waals surface area contributed by atoms with Gasteiger partial charge < -0.3 is 19.3 Å². The molecular weight excluding hydrogens is 358 g/mol. The minimum Gasteiger partial charge on any atom is -0.454 e. The van der Waals surface area contributed by atoms with Crippen LogP contribution in [0.2, 0.25) is 0 Å². The van der Waals surface area contributed by atoms with Crippen LogP contribution in [0.15, 0.2) is 35.2 Å². The number of nitrogens with zero attached hydrogens (tertiary/aromatic N) is 4. The van der Waals surface area contributed by atoms with Crippen molar-refractivity contribution in [2.75, 3.05) is 49.6 Å². The zero-order valence-electron chi connectivity index (χ0n) is 14.3. The van der Waals surface area contributed by atoms with E-state index < -0.39 is 10.0 Å². The van der Waals surface area contributed by atoms with Crippen LogP contribution < -0.4 is 19.1 Å². The molecule has 2 aliphatic heterocycles. The lowest BCUT2D eigenvalue weighted by atomic mass is 10.3. The van der Waals surface area contributed by atoms with Gasteiger partial charge in [-0.3, -0.25) is 4.72 Å². The number of fused-ring (bicyclic) bond motifs is 1. The number of hydrogen-bond acceptors (Lipinski definition) is 8. The average molecular weight is 377 g/mol. The maximum atomic E-state index is 12.5. The first-order chi connectivity index (χ1) is 12.5. The Morgan fingerprint density at radius 3 is 2.50 bits per heavy atom. The van der Waals surface area contributed by atoms with Crippen molar-refractivity contribution in [2.45, 2.75) is 4.90 Å². The zero-order chi connectivity index (χ0) is 18.1. The minimum absolute atomic E-state index is 0.0756. The SMILES string of the molecule is CN1CCN(c2ccc(NS(=O)(=O)c3ccc4c(c3)OCO4)nn2)CC1. The standard InChI is InChI=1S/C16H19N5O4S/c1-20-6-8-21(9-7-20)16-5-4-15(17-18-16)19-26(22,23)12-2-3-13-14(10-12)25-11-24-13/h2-5,10H,6-9,11H2,1H3,(H,17,19). The smallest absolute Gasteiger partial charge is 0.263 e. The molecule has 0 spiro atoms. The Labute approximate surface area is 151 Å². The third-order valence-corrected chi connectivity index (χ3v) is 5.72. The highest BCUT2D eigenvalue weighted by atomic mass is 32.2. The van der Waals surface area contributed by atoms with Gasteiger partial charge in [-0.2, -0.15) is 0 Å². The van der Waals surface area contributed by atoms with Gasteiger partial charge >= 0.3 is 0 Å². The van der Waals surface area contributed by atoms with Crippen LogP contribution in [-0.2, 0) is 10.0 Å². The normalized spacial score (nSPS) is 17.3. The van der Waals surface area contributed by atoms with Crippen molar-refractivity contribution >= 4 is 21.7 Å². The molecule has 2 aliphatic rings. The van der Waals surface area contributed by atoms with Crippen molar-refractivity contribution in [3.05, 3.63) is 30.3 Å². The summed E-state index contributed by atoms with van der Waals surface area (Å²) in [5, 5.41) is 8.15. The molecule has 9 nitrogen and oxygen atoms in total. The molecule has 4 rings (SSSR count). The van der Waals surface area contributed by atoms with Gasteiger partial charge in [-0.25, -0.2) is 8.42 Å². The third-order valence-electron chi connectivity index (χ3n) is 4.37. The second-order valence-electron chi connectivity index (χ2n) is 6.19. The molecule has 138 valence electrons. The third kappa shape index (κ3) is 3.37. The number of piperazine rings is 1. The molecule has 2 aromatic rings. The fourth-order valence-electron chi connectivity index (χ4n) is 2.82. The van der Waals surface area contributed by atoms with Crippen LogP contribution in [0.3, 0.4) is 0 Å². The summed E-state index contributed by atoms with van der Waals surface area (Å²) in [4.78, 5) is 4.45. The van der Waals surface area contributed by atoms with Crippen LogP contribution in [0.5, 0.6) is 11.5 Å². The van der Waals surface area contributed by atoms with E-state index in [1.165, 1.54) is 12.1 Å². The minimum atomic E-state index is -3.79. The highest BCUT2D eigenvalue weighted by Crippen LogP contribution is 2.34. The van der Waals surface area contributed by atoms with Gasteiger partial charge in [-0.1, -0.05) is 0 Å². The van der Waals surface area contributed by atoms with Crippen LogP contribution in [0, 0.1) is 0 Å². The van der Waals surface area contributed by atoms with E-state index >= 15 is 0 Å². The summed E-state index contributed by atoms with van der Waals surface area (Å²) in [5.74, 6) is 1.84. The summed E-state index contributed by atoms with van der Waals surface area (Å²) in [7, 11) is -1.71. The van der Waals surface area contributed by atoms with E-state index in [-0.39, 0.29) is 17.5 Å². The van der Waals surface area contributed by atoms with Gasteiger partial charge in [0.25, 0.3) is 10.0 Å². The van der Waals surface area contributed by atoms with Crippen molar-refractivity contribution in [1.29, 1.82) is 0 Å². The van der Waals surface area contributed by atoms with Crippen molar-refractivity contribution in [3.63, 3.8) is 0 Å². The van der Waals surface area contributed by atoms with Gasteiger partial charge in [0.05, 0.1) is 4.90 Å². The number of rotatable bonds is 4. The van der Waals surface area contributed by atoms with E-state index in [0.29, 0.717) is 11.5 Å².